The molecule has 0 spiro atoms. The van der Waals surface area contributed by atoms with Gasteiger partial charge in [0.15, 0.2) is 0 Å². The Labute approximate surface area is 244 Å². The topological polar surface area (TPSA) is 30.7 Å². The Morgan fingerprint density at radius 3 is 2.40 bits per heavy atom. The molecule has 1 aliphatic carbocycles. The summed E-state index contributed by atoms with van der Waals surface area (Å²) in [4.78, 5) is 9.86. The maximum atomic E-state index is 6.73. The smallest absolute Gasteiger partial charge is 0.225 e. The summed E-state index contributed by atoms with van der Waals surface area (Å²) < 4.78 is 4.99. The van der Waals surface area contributed by atoms with Crippen molar-refractivity contribution >= 4 is 87.5 Å². The first-order chi connectivity index (χ1) is 19.5. The van der Waals surface area contributed by atoms with Gasteiger partial charge >= 0.3 is 0 Å². The number of fused-ring (bicyclic) bond motifs is 13. The maximum absolute atomic E-state index is 6.73. The minimum Gasteiger partial charge on any atom is -0.292 e. The normalized spacial score (nSPS) is 22.2. The second-order valence-electron chi connectivity index (χ2n) is 11.4. The molecule has 3 nitrogen and oxygen atoms in total. The molecule has 4 heterocycles. The van der Waals surface area contributed by atoms with E-state index in [9.17, 15) is 0 Å². The summed E-state index contributed by atoms with van der Waals surface area (Å²) in [7, 11) is 0. The van der Waals surface area contributed by atoms with Crippen molar-refractivity contribution in [2.24, 2.45) is 5.92 Å². The average Bonchev–Trinajstić information content (AvgIpc) is 3.60. The summed E-state index contributed by atoms with van der Waals surface area (Å²) in [5, 5.41) is 9.41. The monoisotopic (exact) mass is 573 g/mol. The third-order valence-corrected chi connectivity index (χ3v) is 11.8. The van der Waals surface area contributed by atoms with Crippen molar-refractivity contribution in [3.8, 4) is 5.82 Å². The van der Waals surface area contributed by atoms with Crippen LogP contribution in [0.25, 0.3) is 58.6 Å². The second-order valence-corrected chi connectivity index (χ2v) is 14.0. The van der Waals surface area contributed by atoms with Gasteiger partial charge in [0, 0.05) is 42.5 Å². The Bertz CT molecular complexity index is 2240. The zero-order valence-corrected chi connectivity index (χ0v) is 24.4. The first-order valence-corrected chi connectivity index (χ1v) is 15.8. The standard InChI is InChI=1S/C34H24ClN3S2/c1-18-15-16-34(2)25(17-18)40-32-28(34)31(36-33(35)37-32)38-23-13-7-5-11-21(23)26-19-9-3-4-10-20(19)27-22-12-6-8-14-24(22)39-30(27)29(26)38/h3-16,18,25H,17H2,1-2H3. The lowest BCUT2D eigenvalue weighted by Crippen LogP contribution is -2.34. The zero-order chi connectivity index (χ0) is 26.7. The number of nitrogens with zero attached hydrogens (tertiary/aromatic N) is 3. The van der Waals surface area contributed by atoms with E-state index in [2.05, 4.69) is 103 Å². The molecule has 194 valence electrons. The molecule has 0 amide bonds. The van der Waals surface area contributed by atoms with Crippen molar-refractivity contribution in [2.75, 3.05) is 0 Å². The van der Waals surface area contributed by atoms with E-state index in [0.29, 0.717) is 16.5 Å². The first kappa shape index (κ1) is 23.3. The molecule has 0 radical (unpaired) electrons. The SMILES string of the molecule is CC1C=CC2(C)c3c(nc(Cl)nc3-n3c4ccccc4c4c5ccccc5c5c6ccccc6sc5c43)SC2C1. The molecule has 3 unspecified atom stereocenters. The van der Waals surface area contributed by atoms with Crippen molar-refractivity contribution in [3.05, 3.63) is 95.8 Å². The Hall–Kier alpha value is -3.38. The molecular formula is C34H24ClN3S2. The molecule has 4 aromatic carbocycles. The second kappa shape index (κ2) is 8.10. The Balaban J connectivity index is 1.54. The number of benzene rings is 4. The third kappa shape index (κ3) is 2.93. The van der Waals surface area contributed by atoms with Crippen LogP contribution in [0.15, 0.2) is 90.0 Å². The number of thioether (sulfide) groups is 1. The van der Waals surface area contributed by atoms with Crippen LogP contribution in [-0.2, 0) is 5.41 Å². The number of para-hydroxylation sites is 1. The number of hydrogen-bond donors (Lipinski definition) is 0. The number of hydrogen-bond acceptors (Lipinski definition) is 4. The highest BCUT2D eigenvalue weighted by atomic mass is 35.5. The third-order valence-electron chi connectivity index (χ3n) is 9.01. The van der Waals surface area contributed by atoms with Crippen molar-refractivity contribution in [3.63, 3.8) is 0 Å². The van der Waals surface area contributed by atoms with Crippen LogP contribution in [-0.4, -0.2) is 19.8 Å². The van der Waals surface area contributed by atoms with Crippen molar-refractivity contribution in [1.82, 2.24) is 14.5 Å². The van der Waals surface area contributed by atoms with Gasteiger partial charge in [-0.1, -0.05) is 86.7 Å². The molecule has 3 atom stereocenters. The highest BCUT2D eigenvalue weighted by molar-refractivity contribution is 8.00. The molecule has 0 fully saturated rings. The summed E-state index contributed by atoms with van der Waals surface area (Å²) in [6.07, 6.45) is 5.89. The average molecular weight is 574 g/mol. The van der Waals surface area contributed by atoms with Gasteiger partial charge in [0.1, 0.15) is 10.8 Å². The van der Waals surface area contributed by atoms with E-state index in [4.69, 9.17) is 21.6 Å². The molecule has 6 heteroatoms. The van der Waals surface area contributed by atoms with Gasteiger partial charge in [-0.3, -0.25) is 4.57 Å². The van der Waals surface area contributed by atoms with Gasteiger partial charge < -0.3 is 0 Å². The van der Waals surface area contributed by atoms with Gasteiger partial charge in [-0.05, 0) is 46.8 Å². The molecule has 0 saturated heterocycles. The number of halogens is 1. The summed E-state index contributed by atoms with van der Waals surface area (Å²) in [6.45, 7) is 4.66. The van der Waals surface area contributed by atoms with E-state index >= 15 is 0 Å². The predicted octanol–water partition coefficient (Wildman–Crippen LogP) is 10.1. The van der Waals surface area contributed by atoms with Crippen molar-refractivity contribution in [1.29, 1.82) is 0 Å². The molecule has 1 aliphatic heterocycles. The Morgan fingerprint density at radius 2 is 1.57 bits per heavy atom. The van der Waals surface area contributed by atoms with E-state index < -0.39 is 0 Å². The summed E-state index contributed by atoms with van der Waals surface area (Å²) in [5.41, 5.74) is 3.38. The molecule has 2 aliphatic rings. The Kier molecular flexibility index (Phi) is 4.72. The van der Waals surface area contributed by atoms with Gasteiger partial charge in [0.05, 0.1) is 15.7 Å². The van der Waals surface area contributed by atoms with E-state index in [-0.39, 0.29) is 5.41 Å². The summed E-state index contributed by atoms with van der Waals surface area (Å²) >= 11 is 10.5. The fraction of sp³-hybridized carbons (Fsp3) is 0.176. The van der Waals surface area contributed by atoms with Crippen molar-refractivity contribution in [2.45, 2.75) is 36.0 Å². The van der Waals surface area contributed by atoms with Crippen LogP contribution in [0.1, 0.15) is 25.8 Å². The van der Waals surface area contributed by atoms with Crippen LogP contribution in [0, 0.1) is 5.92 Å². The quantitative estimate of drug-likeness (QED) is 0.111. The van der Waals surface area contributed by atoms with E-state index in [0.717, 1.165) is 22.8 Å². The molecule has 9 rings (SSSR count). The minimum absolute atomic E-state index is 0.166. The number of aromatic nitrogens is 3. The summed E-state index contributed by atoms with van der Waals surface area (Å²) in [6, 6.07) is 26.4. The van der Waals surface area contributed by atoms with Gasteiger partial charge in [0.2, 0.25) is 5.28 Å². The van der Waals surface area contributed by atoms with E-state index in [1.54, 1.807) is 0 Å². The van der Waals surface area contributed by atoms with E-state index in [1.165, 1.54) is 52.8 Å². The lowest BCUT2D eigenvalue weighted by Gasteiger charge is -2.34. The predicted molar refractivity (Wildman–Crippen MR) is 172 cm³/mol. The van der Waals surface area contributed by atoms with E-state index in [1.807, 2.05) is 23.1 Å². The van der Waals surface area contributed by atoms with Gasteiger partial charge in [-0.25, -0.2) is 4.98 Å². The molecule has 0 saturated carbocycles. The number of rotatable bonds is 1. The molecule has 40 heavy (non-hydrogen) atoms. The van der Waals surface area contributed by atoms with Gasteiger partial charge in [-0.2, -0.15) is 4.98 Å². The molecule has 0 N–H and O–H groups in total. The van der Waals surface area contributed by atoms with Gasteiger partial charge in [0.25, 0.3) is 0 Å². The number of thiophene rings is 1. The lowest BCUT2D eigenvalue weighted by atomic mass is 9.73. The largest absolute Gasteiger partial charge is 0.292 e. The fourth-order valence-corrected chi connectivity index (χ4v) is 10.3. The molecule has 3 aromatic heterocycles. The molecular weight excluding hydrogens is 550 g/mol. The van der Waals surface area contributed by atoms with Crippen LogP contribution in [0.3, 0.4) is 0 Å². The first-order valence-electron chi connectivity index (χ1n) is 13.7. The number of allylic oxidation sites excluding steroid dienone is 2. The highest BCUT2D eigenvalue weighted by Gasteiger charge is 2.48. The van der Waals surface area contributed by atoms with Gasteiger partial charge in [-0.15, -0.1) is 23.1 Å². The van der Waals surface area contributed by atoms with Crippen LogP contribution >= 0.6 is 34.7 Å². The summed E-state index contributed by atoms with van der Waals surface area (Å²) in [5.74, 6) is 1.46. The Morgan fingerprint density at radius 1 is 0.875 bits per heavy atom. The van der Waals surface area contributed by atoms with Crippen LogP contribution in [0.2, 0.25) is 5.28 Å². The maximum Gasteiger partial charge on any atom is 0.225 e. The molecule has 0 bridgehead atoms. The van der Waals surface area contributed by atoms with Crippen LogP contribution < -0.4 is 0 Å². The van der Waals surface area contributed by atoms with Crippen molar-refractivity contribution < 1.29 is 0 Å². The fourth-order valence-electron chi connectivity index (χ4n) is 7.15. The van der Waals surface area contributed by atoms with Crippen LogP contribution in [0.4, 0.5) is 0 Å². The lowest BCUT2D eigenvalue weighted by molar-refractivity contribution is 0.460. The van der Waals surface area contributed by atoms with Crippen LogP contribution in [0.5, 0.6) is 0 Å². The minimum atomic E-state index is -0.166. The highest BCUT2D eigenvalue weighted by Crippen LogP contribution is 2.56. The molecule has 7 aromatic rings. The zero-order valence-electron chi connectivity index (χ0n) is 22.0.